The van der Waals surface area contributed by atoms with E-state index in [1.807, 2.05) is 30.0 Å². The number of hydrogen-bond acceptors (Lipinski definition) is 6. The maximum Gasteiger partial charge on any atom is 0.263 e. The van der Waals surface area contributed by atoms with Gasteiger partial charge in [0.1, 0.15) is 11.6 Å². The lowest BCUT2D eigenvalue weighted by atomic mass is 10.1. The molecule has 0 aliphatic carbocycles. The smallest absolute Gasteiger partial charge is 0.263 e. The number of nitrogens with zero attached hydrogens (tertiary/aromatic N) is 2. The highest BCUT2D eigenvalue weighted by molar-refractivity contribution is 5.97. The molecule has 7 nitrogen and oxygen atoms in total. The molecule has 0 spiro atoms. The van der Waals surface area contributed by atoms with E-state index in [-0.39, 0.29) is 11.6 Å². The Morgan fingerprint density at radius 1 is 1.32 bits per heavy atom. The van der Waals surface area contributed by atoms with Crippen LogP contribution in [0.3, 0.4) is 0 Å². The first-order valence-corrected chi connectivity index (χ1v) is 8.05. The molecule has 1 saturated heterocycles. The van der Waals surface area contributed by atoms with Crippen molar-refractivity contribution in [3.05, 3.63) is 35.5 Å². The van der Waals surface area contributed by atoms with Gasteiger partial charge in [0.25, 0.3) is 5.91 Å². The van der Waals surface area contributed by atoms with Gasteiger partial charge in [-0.25, -0.2) is 0 Å². The number of benzene rings is 1. The Balaban J connectivity index is 2.07. The molecule has 1 aromatic carbocycles. The highest BCUT2D eigenvalue weighted by atomic mass is 16.5. The average Bonchev–Trinajstić information content (AvgIpc) is 2.66. The minimum Gasteiger partial charge on any atom is -0.493 e. The second kappa shape index (κ2) is 8.94. The van der Waals surface area contributed by atoms with Crippen molar-refractivity contribution in [3.63, 3.8) is 0 Å². The minimum absolute atomic E-state index is 0.0780. The molecule has 134 valence electrons. The van der Waals surface area contributed by atoms with Crippen LogP contribution in [0.25, 0.3) is 0 Å². The lowest BCUT2D eigenvalue weighted by Gasteiger charge is -2.25. The van der Waals surface area contributed by atoms with E-state index >= 15 is 0 Å². The number of amides is 1. The van der Waals surface area contributed by atoms with Gasteiger partial charge in [-0.2, -0.15) is 5.26 Å². The van der Waals surface area contributed by atoms with Crippen LogP contribution >= 0.6 is 0 Å². The van der Waals surface area contributed by atoms with E-state index in [0.29, 0.717) is 37.8 Å². The largest absolute Gasteiger partial charge is 0.493 e. The summed E-state index contributed by atoms with van der Waals surface area (Å²) in [6, 6.07) is 7.13. The van der Waals surface area contributed by atoms with Gasteiger partial charge in [-0.05, 0) is 24.6 Å². The van der Waals surface area contributed by atoms with E-state index in [9.17, 15) is 10.1 Å². The fraction of sp³-hybridized carbons (Fsp3) is 0.444. The van der Waals surface area contributed by atoms with Crippen molar-refractivity contribution < 1.29 is 19.0 Å². The van der Waals surface area contributed by atoms with Gasteiger partial charge in [0.15, 0.2) is 11.5 Å². The first-order chi connectivity index (χ1) is 12.1. The fourth-order valence-electron chi connectivity index (χ4n) is 2.51. The monoisotopic (exact) mass is 345 g/mol. The van der Waals surface area contributed by atoms with Gasteiger partial charge in [0, 0.05) is 19.3 Å². The summed E-state index contributed by atoms with van der Waals surface area (Å²) in [6.07, 6.45) is 1.60. The molecule has 1 unspecified atom stereocenters. The van der Waals surface area contributed by atoms with Crippen molar-refractivity contribution in [2.75, 3.05) is 40.5 Å². The zero-order valence-corrected chi connectivity index (χ0v) is 14.7. The summed E-state index contributed by atoms with van der Waals surface area (Å²) in [5.74, 6) is 0.802. The van der Waals surface area contributed by atoms with Crippen molar-refractivity contribution in [3.8, 4) is 17.6 Å². The van der Waals surface area contributed by atoms with Crippen molar-refractivity contribution in [1.82, 2.24) is 10.2 Å². The first-order valence-electron chi connectivity index (χ1n) is 8.05. The molecule has 1 fully saturated rings. The number of nitrogens with one attached hydrogen (secondary N) is 1. The zero-order chi connectivity index (χ0) is 18.2. The molecule has 25 heavy (non-hydrogen) atoms. The van der Waals surface area contributed by atoms with Crippen LogP contribution in [0.15, 0.2) is 30.0 Å². The van der Waals surface area contributed by atoms with Crippen molar-refractivity contribution in [2.45, 2.75) is 13.0 Å². The van der Waals surface area contributed by atoms with Crippen LogP contribution in [-0.2, 0) is 9.53 Å². The summed E-state index contributed by atoms with van der Waals surface area (Å²) >= 11 is 0. The predicted molar refractivity (Wildman–Crippen MR) is 92.2 cm³/mol. The van der Waals surface area contributed by atoms with E-state index in [2.05, 4.69) is 5.32 Å². The summed E-state index contributed by atoms with van der Waals surface area (Å²) in [4.78, 5) is 14.3. The summed E-state index contributed by atoms with van der Waals surface area (Å²) in [5, 5.41) is 12.1. The Hall–Kier alpha value is -2.72. The van der Waals surface area contributed by atoms with Gasteiger partial charge in [-0.3, -0.25) is 4.79 Å². The second-order valence-corrected chi connectivity index (χ2v) is 5.61. The number of carbonyl (C=O) groups is 1. The van der Waals surface area contributed by atoms with Gasteiger partial charge in [0.2, 0.25) is 0 Å². The molecule has 0 radical (unpaired) electrons. The summed E-state index contributed by atoms with van der Waals surface area (Å²) in [7, 11) is 3.13. The maximum absolute atomic E-state index is 12.4. The third kappa shape index (κ3) is 4.88. The van der Waals surface area contributed by atoms with Gasteiger partial charge < -0.3 is 24.4 Å². The Bertz CT molecular complexity index is 675. The summed E-state index contributed by atoms with van der Waals surface area (Å²) < 4.78 is 15.8. The molecule has 1 aromatic rings. The Labute approximate surface area is 147 Å². The van der Waals surface area contributed by atoms with E-state index < -0.39 is 5.91 Å². The molecule has 2 rings (SSSR count). The molecule has 7 heteroatoms. The van der Waals surface area contributed by atoms with Crippen LogP contribution < -0.4 is 14.8 Å². The molecular formula is C18H23N3O4. The highest BCUT2D eigenvalue weighted by Gasteiger charge is 2.17. The number of morpholine rings is 1. The van der Waals surface area contributed by atoms with E-state index in [1.54, 1.807) is 26.5 Å². The van der Waals surface area contributed by atoms with Crippen LogP contribution in [0.5, 0.6) is 11.5 Å². The summed E-state index contributed by atoms with van der Waals surface area (Å²) in [5.41, 5.74) is 0.934. The molecular weight excluding hydrogens is 322 g/mol. The van der Waals surface area contributed by atoms with E-state index in [1.165, 1.54) is 0 Å². The first kappa shape index (κ1) is 18.6. The molecule has 1 aliphatic heterocycles. The number of nitriles is 1. The minimum atomic E-state index is -0.406. The Kier molecular flexibility index (Phi) is 6.66. The molecule has 1 amide bonds. The van der Waals surface area contributed by atoms with Crippen molar-refractivity contribution >= 4 is 5.91 Å². The number of ether oxygens (including phenoxy) is 3. The third-order valence-corrected chi connectivity index (χ3v) is 3.98. The number of carbonyl (C=O) groups excluding carboxylic acids is 1. The van der Waals surface area contributed by atoms with Crippen LogP contribution in [0.4, 0.5) is 0 Å². The van der Waals surface area contributed by atoms with E-state index in [0.717, 1.165) is 5.56 Å². The molecule has 0 bridgehead atoms. The number of hydrogen-bond donors (Lipinski definition) is 1. The standard InChI is InChI=1S/C18H23N3O4/c1-13(14-4-5-16(23-2)17(10-14)24-3)20-18(22)15(11-19)12-21-6-8-25-9-7-21/h4-5,10,12-13H,6-9H2,1-3H3,(H,20,22)/b15-12-. The zero-order valence-electron chi connectivity index (χ0n) is 14.7. The molecule has 0 aromatic heterocycles. The Morgan fingerprint density at radius 2 is 2.00 bits per heavy atom. The molecule has 1 atom stereocenters. The lowest BCUT2D eigenvalue weighted by Crippen LogP contribution is -2.34. The van der Waals surface area contributed by atoms with Gasteiger partial charge >= 0.3 is 0 Å². The predicted octanol–water partition coefficient (Wildman–Crippen LogP) is 1.62. The quantitative estimate of drug-likeness (QED) is 0.623. The molecule has 1 N–H and O–H groups in total. The van der Waals surface area contributed by atoms with Crippen LogP contribution in [0.1, 0.15) is 18.5 Å². The van der Waals surface area contributed by atoms with Crippen LogP contribution in [-0.4, -0.2) is 51.3 Å². The molecule has 1 aliphatic rings. The fourth-order valence-corrected chi connectivity index (χ4v) is 2.51. The number of methoxy groups -OCH3 is 2. The van der Waals surface area contributed by atoms with Gasteiger partial charge in [0.05, 0.1) is 33.5 Å². The molecule has 1 heterocycles. The van der Waals surface area contributed by atoms with E-state index in [4.69, 9.17) is 14.2 Å². The second-order valence-electron chi connectivity index (χ2n) is 5.61. The molecule has 0 saturated carbocycles. The SMILES string of the molecule is COc1ccc(C(C)NC(=O)/C(C#N)=C\N2CCOCC2)cc1OC. The topological polar surface area (TPSA) is 83.8 Å². The Morgan fingerprint density at radius 3 is 2.60 bits per heavy atom. The lowest BCUT2D eigenvalue weighted by molar-refractivity contribution is -0.117. The van der Waals surface area contributed by atoms with Crippen molar-refractivity contribution in [2.24, 2.45) is 0 Å². The van der Waals surface area contributed by atoms with Crippen molar-refractivity contribution in [1.29, 1.82) is 5.26 Å². The van der Waals surface area contributed by atoms with Crippen LogP contribution in [0, 0.1) is 11.3 Å². The third-order valence-electron chi connectivity index (χ3n) is 3.98. The van der Waals surface area contributed by atoms with Crippen LogP contribution in [0.2, 0.25) is 0 Å². The number of rotatable bonds is 6. The summed E-state index contributed by atoms with van der Waals surface area (Å²) in [6.45, 7) is 4.38. The average molecular weight is 345 g/mol. The highest BCUT2D eigenvalue weighted by Crippen LogP contribution is 2.29. The maximum atomic E-state index is 12.4. The van der Waals surface area contributed by atoms with Gasteiger partial charge in [-0.15, -0.1) is 0 Å². The normalized spacial score (nSPS) is 15.9. The van der Waals surface area contributed by atoms with Gasteiger partial charge in [-0.1, -0.05) is 6.07 Å².